The van der Waals surface area contributed by atoms with Crippen LogP contribution in [-0.4, -0.2) is 17.4 Å². The van der Waals surface area contributed by atoms with Crippen LogP contribution in [0.1, 0.15) is 5.56 Å². The fourth-order valence-corrected chi connectivity index (χ4v) is 1.27. The minimum Gasteiger partial charge on any atom is -0.348 e. The zero-order valence-corrected chi connectivity index (χ0v) is 10.00. The standard InChI is InChI=1S/C13H11N3O3/c1-2-7-15-13(17)11(9-14)8-10-3-5-12(6-4-10)16(18)19/h2-6,8H,1,7H2,(H,15,17). The van der Waals surface area contributed by atoms with Crippen LogP contribution < -0.4 is 5.32 Å². The van der Waals surface area contributed by atoms with E-state index in [1.54, 1.807) is 6.07 Å². The van der Waals surface area contributed by atoms with E-state index in [1.807, 2.05) is 0 Å². The van der Waals surface area contributed by atoms with Gasteiger partial charge in [0.15, 0.2) is 0 Å². The van der Waals surface area contributed by atoms with E-state index in [-0.39, 0.29) is 17.8 Å². The molecule has 6 heteroatoms. The van der Waals surface area contributed by atoms with Crippen molar-refractivity contribution < 1.29 is 9.72 Å². The van der Waals surface area contributed by atoms with Gasteiger partial charge in [-0.1, -0.05) is 6.08 Å². The molecule has 0 aliphatic carbocycles. The van der Waals surface area contributed by atoms with Gasteiger partial charge in [-0.3, -0.25) is 14.9 Å². The van der Waals surface area contributed by atoms with Gasteiger partial charge in [0.1, 0.15) is 11.6 Å². The molecule has 0 saturated carbocycles. The summed E-state index contributed by atoms with van der Waals surface area (Å²) in [5.41, 5.74) is 0.415. The molecule has 0 aliphatic heterocycles. The number of rotatable bonds is 5. The molecule has 0 aromatic heterocycles. The maximum atomic E-state index is 11.6. The predicted molar refractivity (Wildman–Crippen MR) is 69.9 cm³/mol. The minimum atomic E-state index is -0.518. The van der Waals surface area contributed by atoms with Crippen LogP contribution in [0.5, 0.6) is 0 Å². The highest BCUT2D eigenvalue weighted by Crippen LogP contribution is 2.14. The van der Waals surface area contributed by atoms with Gasteiger partial charge in [-0.2, -0.15) is 5.26 Å². The van der Waals surface area contributed by atoms with Crippen molar-refractivity contribution in [2.24, 2.45) is 0 Å². The van der Waals surface area contributed by atoms with Gasteiger partial charge in [-0.05, 0) is 23.8 Å². The summed E-state index contributed by atoms with van der Waals surface area (Å²) in [7, 11) is 0. The van der Waals surface area contributed by atoms with E-state index < -0.39 is 10.8 Å². The molecule has 96 valence electrons. The Morgan fingerprint density at radius 2 is 2.11 bits per heavy atom. The molecule has 0 aliphatic rings. The number of carbonyl (C=O) groups is 1. The van der Waals surface area contributed by atoms with Crippen molar-refractivity contribution in [2.75, 3.05) is 6.54 Å². The number of nitriles is 1. The quantitative estimate of drug-likeness (QED) is 0.286. The lowest BCUT2D eigenvalue weighted by Gasteiger charge is -2.00. The number of hydrogen-bond acceptors (Lipinski definition) is 4. The largest absolute Gasteiger partial charge is 0.348 e. The second-order valence-corrected chi connectivity index (χ2v) is 3.52. The Hall–Kier alpha value is -2.94. The van der Waals surface area contributed by atoms with Crippen LogP contribution in [0.4, 0.5) is 5.69 Å². The number of non-ortho nitro benzene ring substituents is 1. The average molecular weight is 257 g/mol. The molecule has 1 rings (SSSR count). The van der Waals surface area contributed by atoms with Gasteiger partial charge in [0.25, 0.3) is 11.6 Å². The highest BCUT2D eigenvalue weighted by Gasteiger charge is 2.08. The zero-order chi connectivity index (χ0) is 14.3. The Morgan fingerprint density at radius 3 is 2.58 bits per heavy atom. The number of amides is 1. The molecule has 0 unspecified atom stereocenters. The van der Waals surface area contributed by atoms with E-state index in [0.29, 0.717) is 5.56 Å². The number of nitrogens with zero attached hydrogens (tertiary/aromatic N) is 2. The van der Waals surface area contributed by atoms with Gasteiger partial charge in [0, 0.05) is 18.7 Å². The van der Waals surface area contributed by atoms with Gasteiger partial charge in [-0.25, -0.2) is 0 Å². The summed E-state index contributed by atoms with van der Waals surface area (Å²) in [5, 5.41) is 21.8. The molecule has 0 spiro atoms. The van der Waals surface area contributed by atoms with Gasteiger partial charge in [0.05, 0.1) is 4.92 Å². The molecule has 6 nitrogen and oxygen atoms in total. The van der Waals surface area contributed by atoms with E-state index in [9.17, 15) is 14.9 Å². The highest BCUT2D eigenvalue weighted by atomic mass is 16.6. The monoisotopic (exact) mass is 257 g/mol. The van der Waals surface area contributed by atoms with Crippen LogP contribution in [0, 0.1) is 21.4 Å². The topological polar surface area (TPSA) is 96.0 Å². The van der Waals surface area contributed by atoms with E-state index in [4.69, 9.17) is 5.26 Å². The summed E-state index contributed by atoms with van der Waals surface area (Å²) in [6.07, 6.45) is 2.86. The predicted octanol–water partition coefficient (Wildman–Crippen LogP) is 1.80. The van der Waals surface area contributed by atoms with Gasteiger partial charge >= 0.3 is 0 Å². The summed E-state index contributed by atoms with van der Waals surface area (Å²) in [4.78, 5) is 21.5. The van der Waals surface area contributed by atoms with E-state index >= 15 is 0 Å². The third-order valence-corrected chi connectivity index (χ3v) is 2.19. The van der Waals surface area contributed by atoms with Gasteiger partial charge < -0.3 is 5.32 Å². The molecule has 1 N–H and O–H groups in total. The van der Waals surface area contributed by atoms with Crippen molar-refractivity contribution >= 4 is 17.7 Å². The first kappa shape index (κ1) is 14.1. The van der Waals surface area contributed by atoms with Crippen LogP contribution in [0.2, 0.25) is 0 Å². The first-order chi connectivity index (χ1) is 9.08. The highest BCUT2D eigenvalue weighted by molar-refractivity contribution is 6.01. The summed E-state index contributed by atoms with van der Waals surface area (Å²) in [6, 6.07) is 7.33. The SMILES string of the molecule is C=CCNC(=O)C(C#N)=Cc1ccc([N+](=O)[O-])cc1. The fraction of sp³-hybridized carbons (Fsp3) is 0.0769. The van der Waals surface area contributed by atoms with E-state index in [0.717, 1.165) is 0 Å². The smallest absolute Gasteiger partial charge is 0.269 e. The molecule has 0 atom stereocenters. The second-order valence-electron chi connectivity index (χ2n) is 3.52. The van der Waals surface area contributed by atoms with Gasteiger partial charge in [-0.15, -0.1) is 6.58 Å². The lowest BCUT2D eigenvalue weighted by atomic mass is 10.1. The van der Waals surface area contributed by atoms with Crippen LogP contribution in [-0.2, 0) is 4.79 Å². The maximum absolute atomic E-state index is 11.6. The van der Waals surface area contributed by atoms with Crippen molar-refractivity contribution in [1.82, 2.24) is 5.32 Å². The summed E-state index contributed by atoms with van der Waals surface area (Å²) in [5.74, 6) is -0.513. The molecule has 0 fully saturated rings. The number of hydrogen-bond donors (Lipinski definition) is 1. The lowest BCUT2D eigenvalue weighted by molar-refractivity contribution is -0.384. The molecule has 19 heavy (non-hydrogen) atoms. The van der Waals surface area contributed by atoms with E-state index in [1.165, 1.54) is 36.4 Å². The van der Waals surface area contributed by atoms with Crippen LogP contribution in [0.25, 0.3) is 6.08 Å². The molecular formula is C13H11N3O3. The van der Waals surface area contributed by atoms with Crippen LogP contribution >= 0.6 is 0 Å². The minimum absolute atomic E-state index is 0.0493. The third kappa shape index (κ3) is 4.09. The number of carbonyl (C=O) groups excluding carboxylic acids is 1. The van der Waals surface area contributed by atoms with E-state index in [2.05, 4.69) is 11.9 Å². The number of nitro benzene ring substituents is 1. The van der Waals surface area contributed by atoms with Crippen molar-refractivity contribution in [1.29, 1.82) is 5.26 Å². The first-order valence-corrected chi connectivity index (χ1v) is 5.34. The Bertz CT molecular complexity index is 568. The summed E-state index contributed by atoms with van der Waals surface area (Å²) >= 11 is 0. The first-order valence-electron chi connectivity index (χ1n) is 5.34. The Labute approximate surface area is 109 Å². The Morgan fingerprint density at radius 1 is 1.47 bits per heavy atom. The molecule has 0 bridgehead atoms. The van der Waals surface area contributed by atoms with Crippen molar-refractivity contribution in [2.45, 2.75) is 0 Å². The summed E-state index contributed by atoms with van der Waals surface area (Å²) < 4.78 is 0. The number of nitro groups is 1. The maximum Gasteiger partial charge on any atom is 0.269 e. The fourth-order valence-electron chi connectivity index (χ4n) is 1.27. The molecule has 0 heterocycles. The molecule has 0 radical (unpaired) electrons. The zero-order valence-electron chi connectivity index (χ0n) is 10.00. The van der Waals surface area contributed by atoms with Crippen molar-refractivity contribution in [3.8, 4) is 6.07 Å². The number of benzene rings is 1. The van der Waals surface area contributed by atoms with Crippen LogP contribution in [0.15, 0.2) is 42.5 Å². The average Bonchev–Trinajstić information content (AvgIpc) is 2.42. The normalized spacial score (nSPS) is 10.4. The molecule has 1 aromatic rings. The lowest BCUT2D eigenvalue weighted by Crippen LogP contribution is -2.24. The third-order valence-electron chi connectivity index (χ3n) is 2.19. The molecular weight excluding hydrogens is 246 g/mol. The van der Waals surface area contributed by atoms with Crippen molar-refractivity contribution in [3.05, 3.63) is 58.2 Å². The van der Waals surface area contributed by atoms with Crippen molar-refractivity contribution in [3.63, 3.8) is 0 Å². The summed E-state index contributed by atoms with van der Waals surface area (Å²) in [6.45, 7) is 3.71. The second kappa shape index (κ2) is 6.71. The number of nitrogens with one attached hydrogen (secondary N) is 1. The Balaban J connectivity index is 2.92. The Kier molecular flexibility index (Phi) is 4.99. The molecule has 0 saturated heterocycles. The molecule has 1 aromatic carbocycles. The van der Waals surface area contributed by atoms with Crippen LogP contribution in [0.3, 0.4) is 0 Å². The van der Waals surface area contributed by atoms with Gasteiger partial charge in [0.2, 0.25) is 0 Å². The molecule has 1 amide bonds.